The van der Waals surface area contributed by atoms with Crippen LogP contribution in [0.3, 0.4) is 0 Å². The molecular weight excluding hydrogens is 983 g/mol. The lowest BCUT2D eigenvalue weighted by molar-refractivity contribution is -0.149. The van der Waals surface area contributed by atoms with Gasteiger partial charge in [-0.05, 0) is 81.7 Å². The molecule has 1 aromatic rings. The van der Waals surface area contributed by atoms with Crippen molar-refractivity contribution in [1.29, 1.82) is 0 Å². The summed E-state index contributed by atoms with van der Waals surface area (Å²) in [7, 11) is 0. The Morgan fingerprint density at radius 1 is 0.689 bits per heavy atom. The van der Waals surface area contributed by atoms with Crippen molar-refractivity contribution in [2.24, 2.45) is 29.0 Å². The number of nitrogens with zero attached hydrogens (tertiary/aromatic N) is 2. The Morgan fingerprint density at radius 2 is 1.23 bits per heavy atom. The molecule has 0 radical (unpaired) electrons. The number of nitrogens with one attached hydrogen (secondary N) is 6. The minimum atomic E-state index is -1.71. The van der Waals surface area contributed by atoms with Crippen LogP contribution < -0.4 is 49.1 Å². The van der Waals surface area contributed by atoms with Gasteiger partial charge in [0, 0.05) is 31.7 Å². The summed E-state index contributed by atoms with van der Waals surface area (Å²) < 4.78 is 0. The second-order valence-corrected chi connectivity index (χ2v) is 19.8. The van der Waals surface area contributed by atoms with Gasteiger partial charge in [-0.2, -0.15) is 12.6 Å². The second-order valence-electron chi connectivity index (χ2n) is 19.4. The number of carbonyl (C=O) groups excluding carboxylic acids is 9. The lowest BCUT2D eigenvalue weighted by Gasteiger charge is -2.32. The average molecular weight is 1060 g/mol. The van der Waals surface area contributed by atoms with E-state index in [9.17, 15) is 63.0 Å². The predicted octanol–water partition coefficient (Wildman–Crippen LogP) is -1.58. The predicted molar refractivity (Wildman–Crippen MR) is 273 cm³/mol. The number of aliphatic carboxylic acids is 2. The van der Waals surface area contributed by atoms with E-state index in [4.69, 9.17) is 17.2 Å². The van der Waals surface area contributed by atoms with E-state index >= 15 is 0 Å². The number of unbranched alkanes of at least 4 members (excludes halogenated alkanes) is 1. The number of primary amides is 1. The van der Waals surface area contributed by atoms with Crippen molar-refractivity contribution in [1.82, 2.24) is 41.7 Å². The van der Waals surface area contributed by atoms with Crippen LogP contribution in [0.2, 0.25) is 0 Å². The van der Waals surface area contributed by atoms with Crippen LogP contribution in [0.25, 0.3) is 0 Å². The van der Waals surface area contributed by atoms with Gasteiger partial charge in [0.05, 0.1) is 12.5 Å². The van der Waals surface area contributed by atoms with Crippen molar-refractivity contribution in [2.75, 3.05) is 25.4 Å². The number of hydrogen-bond acceptors (Lipinski definition) is 14. The van der Waals surface area contributed by atoms with E-state index in [1.807, 2.05) is 13.8 Å². The lowest BCUT2D eigenvalue weighted by atomic mass is 9.96. The Kier molecular flexibility index (Phi) is 25.8. The fraction of sp³-hybridized carbons (Fsp3) is 0.653. The molecule has 2 saturated heterocycles. The molecule has 2 aliphatic heterocycles. The number of carboxylic acids is 2. The summed E-state index contributed by atoms with van der Waals surface area (Å²) >= 11 is 4.27. The molecule has 412 valence electrons. The van der Waals surface area contributed by atoms with Crippen molar-refractivity contribution in [3.05, 3.63) is 35.9 Å². The van der Waals surface area contributed by atoms with E-state index in [1.165, 1.54) is 9.80 Å². The monoisotopic (exact) mass is 1060 g/mol. The largest absolute Gasteiger partial charge is 0.481 e. The normalized spacial score (nSPS) is 18.6. The van der Waals surface area contributed by atoms with Crippen molar-refractivity contribution >= 4 is 77.7 Å². The molecule has 10 atom stereocenters. The number of thiol groups is 1. The summed E-state index contributed by atoms with van der Waals surface area (Å²) in [6.45, 7) is 7.70. The van der Waals surface area contributed by atoms with Crippen LogP contribution in [-0.4, -0.2) is 165 Å². The highest BCUT2D eigenvalue weighted by atomic mass is 32.1. The van der Waals surface area contributed by atoms with Crippen LogP contribution in [0.4, 0.5) is 0 Å². The Hall–Kier alpha value is -6.34. The summed E-state index contributed by atoms with van der Waals surface area (Å²) in [5.74, 6) is -10.6. The van der Waals surface area contributed by atoms with E-state index in [0.29, 0.717) is 37.7 Å². The highest BCUT2D eigenvalue weighted by Gasteiger charge is 2.42. The van der Waals surface area contributed by atoms with E-state index in [1.54, 1.807) is 44.2 Å². The van der Waals surface area contributed by atoms with Gasteiger partial charge in [-0.15, -0.1) is 0 Å². The molecule has 0 spiro atoms. The van der Waals surface area contributed by atoms with Crippen LogP contribution in [0.5, 0.6) is 0 Å². The fourth-order valence-electron chi connectivity index (χ4n) is 8.86. The Bertz CT molecular complexity index is 2140. The highest BCUT2D eigenvalue weighted by Crippen LogP contribution is 2.22. The second kappa shape index (κ2) is 30.8. The molecule has 3 rings (SSSR count). The molecule has 24 nitrogen and oxygen atoms in total. The first-order valence-corrected chi connectivity index (χ1v) is 25.9. The molecule has 0 aromatic heterocycles. The zero-order chi connectivity index (χ0) is 55.2. The van der Waals surface area contributed by atoms with Crippen LogP contribution in [0.15, 0.2) is 30.3 Å². The number of carboxylic acid groups (broad SMARTS) is 2. The first-order chi connectivity index (χ1) is 35.0. The number of hydrogen-bond donors (Lipinski definition) is 12. The standard InChI is InChI=1S/C49H77N11O13S/c1-5-28(4)40(46(69)56-34(24-29-13-7-6-8-14-29)47(70)60-22-12-17-37(60)49(72)73)58-43(66)31(15-9-10-20-50)54-45(68)36-16-11-21-59(36)48(71)35(26-74)57-44(67)33(25-38(52)61)55-42(65)32(18-19-39(62)63)53-41(64)30(51)23-27(2)3/h6-8,13-14,27-28,30-37,40,74H,5,9-12,15-26,50-51H2,1-4H3,(H2,52,61)(H,53,64)(H,54,68)(H,55,65)(H,56,69)(H,57,67)(H,58,66)(H,62,63)(H,72,73). The van der Waals surface area contributed by atoms with E-state index < -0.39 is 145 Å². The molecule has 10 unspecified atom stereocenters. The highest BCUT2D eigenvalue weighted by molar-refractivity contribution is 7.80. The third kappa shape index (κ3) is 19.2. The zero-order valence-corrected chi connectivity index (χ0v) is 43.6. The molecule has 2 heterocycles. The summed E-state index contributed by atoms with van der Waals surface area (Å²) in [5, 5.41) is 34.7. The van der Waals surface area contributed by atoms with Crippen molar-refractivity contribution < 1.29 is 63.0 Å². The number of carbonyl (C=O) groups is 11. The number of likely N-dealkylation sites (tertiary alicyclic amines) is 2. The zero-order valence-electron chi connectivity index (χ0n) is 42.7. The molecule has 1 aromatic carbocycles. The molecule has 2 aliphatic rings. The topological polar surface area (TPSA) is 385 Å². The number of rotatable bonds is 31. The minimum Gasteiger partial charge on any atom is -0.481 e. The van der Waals surface area contributed by atoms with Crippen molar-refractivity contribution in [3.63, 3.8) is 0 Å². The van der Waals surface area contributed by atoms with Crippen LogP contribution in [0.1, 0.15) is 110 Å². The van der Waals surface area contributed by atoms with Crippen LogP contribution in [0, 0.1) is 11.8 Å². The molecular formula is C49H77N11O13S. The van der Waals surface area contributed by atoms with E-state index in [0.717, 1.165) is 0 Å². The van der Waals surface area contributed by atoms with E-state index in [-0.39, 0.29) is 63.4 Å². The SMILES string of the molecule is CCC(C)C(NC(=O)C(CCCCN)NC(=O)C1CCCN1C(=O)C(CS)NC(=O)C(CC(N)=O)NC(=O)C(CCC(=O)O)NC(=O)C(N)CC(C)C)C(=O)NC(Cc1ccccc1)C(=O)N1CCCC1C(=O)O. The van der Waals surface area contributed by atoms with Crippen molar-refractivity contribution in [3.8, 4) is 0 Å². The van der Waals surface area contributed by atoms with Crippen LogP contribution >= 0.6 is 12.6 Å². The maximum absolute atomic E-state index is 14.3. The summed E-state index contributed by atoms with van der Waals surface area (Å²) in [4.78, 5) is 149. The third-order valence-corrected chi connectivity index (χ3v) is 13.5. The van der Waals surface area contributed by atoms with Gasteiger partial charge in [0.2, 0.25) is 53.2 Å². The molecule has 14 N–H and O–H groups in total. The van der Waals surface area contributed by atoms with Gasteiger partial charge in [-0.1, -0.05) is 64.4 Å². The van der Waals surface area contributed by atoms with Crippen LogP contribution in [-0.2, 0) is 59.2 Å². The van der Waals surface area contributed by atoms with E-state index in [2.05, 4.69) is 44.5 Å². The third-order valence-electron chi connectivity index (χ3n) is 13.1. The summed E-state index contributed by atoms with van der Waals surface area (Å²) in [5.41, 5.74) is 17.9. The molecule has 2 fully saturated rings. The average Bonchev–Trinajstić information content (AvgIpc) is 4.06. The quantitative estimate of drug-likeness (QED) is 0.0295. The smallest absolute Gasteiger partial charge is 0.326 e. The van der Waals surface area contributed by atoms with Gasteiger partial charge in [0.1, 0.15) is 48.3 Å². The molecule has 25 heteroatoms. The maximum atomic E-state index is 14.3. The van der Waals surface area contributed by atoms with Gasteiger partial charge < -0.3 is 69.1 Å². The van der Waals surface area contributed by atoms with Gasteiger partial charge in [-0.3, -0.25) is 47.9 Å². The first kappa shape index (κ1) is 62.0. The maximum Gasteiger partial charge on any atom is 0.326 e. The molecule has 0 saturated carbocycles. The van der Waals surface area contributed by atoms with Gasteiger partial charge in [0.25, 0.3) is 0 Å². The lowest BCUT2D eigenvalue weighted by Crippen LogP contribution is -2.61. The molecule has 9 amide bonds. The first-order valence-electron chi connectivity index (χ1n) is 25.3. The summed E-state index contributed by atoms with van der Waals surface area (Å²) in [6.07, 6.45) is 1.13. The van der Waals surface area contributed by atoms with Gasteiger partial charge in [0.15, 0.2) is 0 Å². The minimum absolute atomic E-state index is 0.00714. The fourth-order valence-corrected chi connectivity index (χ4v) is 9.11. The molecule has 0 aliphatic carbocycles. The molecule has 0 bridgehead atoms. The summed E-state index contributed by atoms with van der Waals surface area (Å²) in [6, 6.07) is -2.64. The Morgan fingerprint density at radius 3 is 1.80 bits per heavy atom. The van der Waals surface area contributed by atoms with Crippen molar-refractivity contribution in [2.45, 2.75) is 166 Å². The Balaban J connectivity index is 1.81. The van der Waals surface area contributed by atoms with Gasteiger partial charge >= 0.3 is 11.9 Å². The number of benzene rings is 1. The molecule has 74 heavy (non-hydrogen) atoms. The van der Waals surface area contributed by atoms with Gasteiger partial charge in [-0.25, -0.2) is 4.79 Å². The number of nitrogens with two attached hydrogens (primary N) is 3. The number of amides is 9. The Labute approximate surface area is 436 Å².